The molecule has 0 bridgehead atoms. The first-order chi connectivity index (χ1) is 26.6. The topological polar surface area (TPSA) is 172 Å². The minimum Gasteiger partial charge on any atom is -0.480 e. The van der Waals surface area contributed by atoms with Crippen LogP contribution in [0.25, 0.3) is 0 Å². The maximum absolute atomic E-state index is 12.6. The molecule has 0 aliphatic rings. The molecule has 316 valence electrons. The van der Waals surface area contributed by atoms with Crippen molar-refractivity contribution in [2.75, 3.05) is 19.8 Å². The molecule has 0 amide bonds. The van der Waals surface area contributed by atoms with Crippen LogP contribution >= 0.6 is 7.82 Å². The van der Waals surface area contributed by atoms with Crippen molar-refractivity contribution in [2.45, 2.75) is 174 Å². The van der Waals surface area contributed by atoms with Gasteiger partial charge < -0.3 is 25.2 Å². The minimum absolute atomic E-state index is 0.130. The van der Waals surface area contributed by atoms with Crippen LogP contribution in [0, 0.1) is 0 Å². The smallest absolute Gasteiger partial charge is 0.472 e. The van der Waals surface area contributed by atoms with Gasteiger partial charge >= 0.3 is 25.7 Å². The van der Waals surface area contributed by atoms with Crippen molar-refractivity contribution in [3.05, 3.63) is 60.8 Å². The summed E-state index contributed by atoms with van der Waals surface area (Å²) in [6.45, 7) is 2.68. The SMILES string of the molecule is CCCC/C=C\C/C=C\CCCCCCCC(=O)OC[C@H](COP(=O)(O)OC[C@H](N)C(=O)O)OC(=O)CCCCCC/C=C\C/C=C\C/C=C\CCCCC. The molecular formula is C43H74NO10P. The first kappa shape index (κ1) is 52.2. The summed E-state index contributed by atoms with van der Waals surface area (Å²) in [7, 11) is -4.73. The van der Waals surface area contributed by atoms with Gasteiger partial charge in [-0.25, -0.2) is 4.57 Å². The second-order valence-electron chi connectivity index (χ2n) is 13.8. The van der Waals surface area contributed by atoms with Crippen LogP contribution < -0.4 is 5.73 Å². The van der Waals surface area contributed by atoms with E-state index < -0.39 is 51.1 Å². The molecule has 11 nitrogen and oxygen atoms in total. The Morgan fingerprint density at radius 1 is 0.564 bits per heavy atom. The Morgan fingerprint density at radius 3 is 1.49 bits per heavy atom. The predicted molar refractivity (Wildman–Crippen MR) is 221 cm³/mol. The third-order valence-electron chi connectivity index (χ3n) is 8.49. The van der Waals surface area contributed by atoms with Crippen LogP contribution in [0.5, 0.6) is 0 Å². The third kappa shape index (κ3) is 37.9. The number of phosphoric acid groups is 1. The van der Waals surface area contributed by atoms with Gasteiger partial charge in [0.05, 0.1) is 13.2 Å². The average Bonchev–Trinajstić information content (AvgIpc) is 3.16. The van der Waals surface area contributed by atoms with Gasteiger partial charge in [-0.1, -0.05) is 132 Å². The van der Waals surface area contributed by atoms with E-state index in [4.69, 9.17) is 24.8 Å². The Kier molecular flexibility index (Phi) is 36.1. The number of nitrogens with two attached hydrogens (primary N) is 1. The second-order valence-corrected chi connectivity index (χ2v) is 15.2. The van der Waals surface area contributed by atoms with E-state index in [2.05, 4.69) is 79.1 Å². The van der Waals surface area contributed by atoms with Crippen LogP contribution in [0.2, 0.25) is 0 Å². The van der Waals surface area contributed by atoms with Crippen molar-refractivity contribution in [1.29, 1.82) is 0 Å². The van der Waals surface area contributed by atoms with Crippen molar-refractivity contribution >= 4 is 25.7 Å². The fourth-order valence-corrected chi connectivity index (χ4v) is 5.92. The van der Waals surface area contributed by atoms with E-state index in [9.17, 15) is 23.8 Å². The van der Waals surface area contributed by atoms with Gasteiger partial charge in [0.25, 0.3) is 0 Å². The highest BCUT2D eigenvalue weighted by atomic mass is 31.2. The number of unbranched alkanes of at least 4 members (excludes halogenated alkanes) is 14. The average molecular weight is 796 g/mol. The highest BCUT2D eigenvalue weighted by molar-refractivity contribution is 7.47. The summed E-state index contributed by atoms with van der Waals surface area (Å²) in [6, 6.07) is -1.53. The number of esters is 2. The standard InChI is InChI=1S/C43H74NO10P/c1-3-5-7-9-11-13-15-17-19-20-21-23-25-27-29-31-33-35-42(46)54-39(37-52-55(49,50)53-38-40(44)43(47)48)36-51-41(45)34-32-30-28-26-24-22-18-16-14-12-10-8-6-4-2/h10-13,16-19,21,23,39-40H,3-9,14-15,20,22,24-38,44H2,1-2H3,(H,47,48)(H,49,50)/b12-10-,13-11-,18-16-,19-17-,23-21-/t39-,40+/m1/s1. The summed E-state index contributed by atoms with van der Waals surface area (Å²) in [5, 5.41) is 8.88. The predicted octanol–water partition coefficient (Wildman–Crippen LogP) is 10.8. The van der Waals surface area contributed by atoms with E-state index in [0.717, 1.165) is 89.9 Å². The molecule has 12 heteroatoms. The Labute approximate surface area is 332 Å². The molecule has 0 aromatic heterocycles. The Balaban J connectivity index is 4.47. The lowest BCUT2D eigenvalue weighted by Gasteiger charge is -2.20. The molecule has 0 saturated carbocycles. The highest BCUT2D eigenvalue weighted by Gasteiger charge is 2.28. The Morgan fingerprint density at radius 2 is 0.982 bits per heavy atom. The quantitative estimate of drug-likeness (QED) is 0.0235. The third-order valence-corrected chi connectivity index (χ3v) is 9.44. The lowest BCUT2D eigenvalue weighted by Crippen LogP contribution is -2.34. The fourth-order valence-electron chi connectivity index (χ4n) is 5.14. The van der Waals surface area contributed by atoms with E-state index >= 15 is 0 Å². The zero-order valence-electron chi connectivity index (χ0n) is 34.0. The van der Waals surface area contributed by atoms with Gasteiger partial charge in [-0.15, -0.1) is 0 Å². The molecule has 0 aromatic rings. The van der Waals surface area contributed by atoms with Crippen molar-refractivity contribution < 1.29 is 47.5 Å². The lowest BCUT2D eigenvalue weighted by atomic mass is 10.1. The first-order valence-electron chi connectivity index (χ1n) is 20.8. The van der Waals surface area contributed by atoms with Gasteiger partial charge in [0, 0.05) is 12.8 Å². The Hall–Kier alpha value is -2.82. The molecule has 0 aliphatic carbocycles. The number of carboxylic acid groups (broad SMARTS) is 1. The molecule has 4 N–H and O–H groups in total. The number of carbonyl (C=O) groups is 3. The van der Waals surface area contributed by atoms with Gasteiger partial charge in [-0.3, -0.25) is 23.4 Å². The molecule has 0 rings (SSSR count). The summed E-state index contributed by atoms with van der Waals surface area (Å²) in [6.07, 6.45) is 42.8. The maximum Gasteiger partial charge on any atom is 0.472 e. The van der Waals surface area contributed by atoms with Crippen LogP contribution in [0.1, 0.15) is 162 Å². The van der Waals surface area contributed by atoms with E-state index in [-0.39, 0.29) is 19.4 Å². The van der Waals surface area contributed by atoms with Crippen LogP contribution in [0.4, 0.5) is 0 Å². The van der Waals surface area contributed by atoms with Crippen molar-refractivity contribution in [2.24, 2.45) is 5.73 Å². The van der Waals surface area contributed by atoms with Gasteiger partial charge in [0.15, 0.2) is 6.10 Å². The zero-order chi connectivity index (χ0) is 40.7. The van der Waals surface area contributed by atoms with Crippen LogP contribution in [0.3, 0.4) is 0 Å². The highest BCUT2D eigenvalue weighted by Crippen LogP contribution is 2.43. The minimum atomic E-state index is -4.73. The zero-order valence-corrected chi connectivity index (χ0v) is 34.9. The van der Waals surface area contributed by atoms with Gasteiger partial charge in [-0.2, -0.15) is 0 Å². The molecule has 3 atom stereocenters. The number of carbonyl (C=O) groups excluding carboxylic acids is 2. The van der Waals surface area contributed by atoms with Gasteiger partial charge in [-0.05, 0) is 77.0 Å². The van der Waals surface area contributed by atoms with Crippen molar-refractivity contribution in [3.63, 3.8) is 0 Å². The normalized spacial score (nSPS) is 14.4. The van der Waals surface area contributed by atoms with Crippen LogP contribution in [-0.4, -0.2) is 59.9 Å². The monoisotopic (exact) mass is 796 g/mol. The molecule has 0 saturated heterocycles. The van der Waals surface area contributed by atoms with Crippen molar-refractivity contribution in [3.8, 4) is 0 Å². The van der Waals surface area contributed by atoms with E-state index in [1.54, 1.807) is 0 Å². The molecule has 0 spiro atoms. The maximum atomic E-state index is 12.6. The first-order valence-corrected chi connectivity index (χ1v) is 22.3. The van der Waals surface area contributed by atoms with E-state index in [1.807, 2.05) is 0 Å². The summed E-state index contributed by atoms with van der Waals surface area (Å²) < 4.78 is 32.6. The van der Waals surface area contributed by atoms with Gasteiger partial charge in [0.2, 0.25) is 0 Å². The van der Waals surface area contributed by atoms with E-state index in [0.29, 0.717) is 12.8 Å². The number of allylic oxidation sites excluding steroid dienone is 10. The molecular weight excluding hydrogens is 721 g/mol. The Bertz CT molecular complexity index is 1170. The fraction of sp³-hybridized carbons (Fsp3) is 0.698. The summed E-state index contributed by atoms with van der Waals surface area (Å²) >= 11 is 0. The van der Waals surface area contributed by atoms with Crippen LogP contribution in [0.15, 0.2) is 60.8 Å². The molecule has 1 unspecified atom stereocenters. The molecule has 55 heavy (non-hydrogen) atoms. The molecule has 0 fully saturated rings. The molecule has 0 heterocycles. The number of carboxylic acids is 1. The largest absolute Gasteiger partial charge is 0.480 e. The molecule has 0 radical (unpaired) electrons. The molecule has 0 aromatic carbocycles. The number of rotatable bonds is 38. The van der Waals surface area contributed by atoms with E-state index in [1.165, 1.54) is 32.1 Å². The number of hydrogen-bond donors (Lipinski definition) is 3. The number of hydrogen-bond acceptors (Lipinski definition) is 9. The lowest BCUT2D eigenvalue weighted by molar-refractivity contribution is -0.161. The second kappa shape index (κ2) is 38.1. The summed E-state index contributed by atoms with van der Waals surface area (Å²) in [5.41, 5.74) is 5.32. The number of phosphoric ester groups is 1. The summed E-state index contributed by atoms with van der Waals surface area (Å²) in [5.74, 6) is -2.43. The summed E-state index contributed by atoms with van der Waals surface area (Å²) in [4.78, 5) is 45.9. The van der Waals surface area contributed by atoms with Gasteiger partial charge in [0.1, 0.15) is 12.6 Å². The molecule has 0 aliphatic heterocycles. The number of ether oxygens (including phenoxy) is 2. The van der Waals surface area contributed by atoms with Crippen LogP contribution in [-0.2, 0) is 37.5 Å². The number of aliphatic carboxylic acids is 1. The van der Waals surface area contributed by atoms with Crippen molar-refractivity contribution in [1.82, 2.24) is 0 Å².